The molecular weight excluding hydrogens is 337 g/mol. The zero-order valence-electron chi connectivity index (χ0n) is 10.6. The lowest BCUT2D eigenvalue weighted by Crippen LogP contribution is -2.27. The zero-order chi connectivity index (χ0) is 15.6. The molecule has 0 saturated heterocycles. The number of amides is 1. The van der Waals surface area contributed by atoms with Crippen LogP contribution in [0.25, 0.3) is 0 Å². The van der Waals surface area contributed by atoms with E-state index in [2.05, 4.69) is 15.3 Å². The molecule has 110 valence electrons. The summed E-state index contributed by atoms with van der Waals surface area (Å²) in [5.41, 5.74) is 0.130. The van der Waals surface area contributed by atoms with Crippen LogP contribution >= 0.6 is 34.5 Å². The number of thiazole rings is 1. The Hall–Kier alpha value is -1.70. The molecule has 0 spiro atoms. The number of hydrogen-bond acceptors (Lipinski definition) is 5. The van der Waals surface area contributed by atoms with Crippen molar-refractivity contribution in [3.05, 3.63) is 44.1 Å². The van der Waals surface area contributed by atoms with E-state index in [0.29, 0.717) is 5.01 Å². The van der Waals surface area contributed by atoms with Gasteiger partial charge >= 0.3 is 5.97 Å². The fourth-order valence-electron chi connectivity index (χ4n) is 1.50. The van der Waals surface area contributed by atoms with Crippen LogP contribution in [0.15, 0.2) is 17.5 Å². The van der Waals surface area contributed by atoms with E-state index in [9.17, 15) is 9.59 Å². The fourth-order valence-corrected chi connectivity index (χ4v) is 2.73. The lowest BCUT2D eigenvalue weighted by atomic mass is 10.2. The lowest BCUT2D eigenvalue weighted by Gasteiger charge is -2.11. The van der Waals surface area contributed by atoms with Crippen LogP contribution < -0.4 is 5.32 Å². The van der Waals surface area contributed by atoms with Gasteiger partial charge < -0.3 is 10.4 Å². The van der Waals surface area contributed by atoms with Crippen LogP contribution in [-0.2, 0) is 0 Å². The highest BCUT2D eigenvalue weighted by molar-refractivity contribution is 7.09. The van der Waals surface area contributed by atoms with Crippen LogP contribution in [0.1, 0.15) is 38.8 Å². The molecule has 0 fully saturated rings. The first kappa shape index (κ1) is 15.7. The first-order valence-corrected chi connectivity index (χ1v) is 7.33. The van der Waals surface area contributed by atoms with Gasteiger partial charge in [-0.3, -0.25) is 4.79 Å². The molecule has 0 radical (unpaired) electrons. The Morgan fingerprint density at radius 3 is 2.62 bits per heavy atom. The third-order valence-electron chi connectivity index (χ3n) is 2.52. The number of carboxylic acid groups (broad SMARTS) is 1. The van der Waals surface area contributed by atoms with Gasteiger partial charge in [-0.25, -0.2) is 14.8 Å². The molecule has 2 rings (SSSR count). The minimum absolute atomic E-state index is 0.00226. The van der Waals surface area contributed by atoms with Crippen molar-refractivity contribution in [3.8, 4) is 0 Å². The van der Waals surface area contributed by atoms with Gasteiger partial charge in [-0.15, -0.1) is 11.3 Å². The first-order valence-electron chi connectivity index (χ1n) is 5.70. The number of pyridine rings is 1. The summed E-state index contributed by atoms with van der Waals surface area (Å²) in [7, 11) is 0. The minimum Gasteiger partial charge on any atom is -0.476 e. The second-order valence-electron chi connectivity index (χ2n) is 4.04. The topological polar surface area (TPSA) is 92.2 Å². The van der Waals surface area contributed by atoms with Crippen molar-refractivity contribution in [1.29, 1.82) is 0 Å². The number of halogens is 2. The van der Waals surface area contributed by atoms with E-state index in [0.717, 1.165) is 11.3 Å². The van der Waals surface area contributed by atoms with Gasteiger partial charge in [-0.2, -0.15) is 0 Å². The maximum atomic E-state index is 12.1. The number of carbonyl (C=O) groups is 2. The average molecular weight is 346 g/mol. The summed E-state index contributed by atoms with van der Waals surface area (Å²) in [6, 6.07) is 2.46. The summed E-state index contributed by atoms with van der Waals surface area (Å²) in [5, 5.41) is 13.6. The Bertz CT molecular complexity index is 705. The third kappa shape index (κ3) is 3.69. The Labute approximate surface area is 133 Å². The minimum atomic E-state index is -1.11. The molecule has 6 nitrogen and oxygen atoms in total. The fraction of sp³-hybridized carbons (Fsp3) is 0.167. The number of hydrogen-bond donors (Lipinski definition) is 2. The van der Waals surface area contributed by atoms with E-state index in [-0.39, 0.29) is 21.6 Å². The van der Waals surface area contributed by atoms with Gasteiger partial charge in [0.25, 0.3) is 5.91 Å². The number of carbonyl (C=O) groups excluding carboxylic acids is 1. The molecule has 1 atom stereocenters. The number of nitrogens with zero attached hydrogens (tertiary/aromatic N) is 2. The van der Waals surface area contributed by atoms with Crippen molar-refractivity contribution in [1.82, 2.24) is 15.3 Å². The van der Waals surface area contributed by atoms with Gasteiger partial charge in [0, 0.05) is 5.38 Å². The predicted molar refractivity (Wildman–Crippen MR) is 79.2 cm³/mol. The maximum Gasteiger partial charge on any atom is 0.355 e. The summed E-state index contributed by atoms with van der Waals surface area (Å²) < 4.78 is 0. The summed E-state index contributed by atoms with van der Waals surface area (Å²) in [6.07, 6.45) is 0. The summed E-state index contributed by atoms with van der Waals surface area (Å²) in [5.74, 6) is -1.55. The highest BCUT2D eigenvalue weighted by Gasteiger charge is 2.18. The van der Waals surface area contributed by atoms with Crippen molar-refractivity contribution in [2.75, 3.05) is 0 Å². The highest BCUT2D eigenvalue weighted by Crippen LogP contribution is 2.21. The van der Waals surface area contributed by atoms with Crippen molar-refractivity contribution < 1.29 is 14.7 Å². The monoisotopic (exact) mass is 345 g/mol. The largest absolute Gasteiger partial charge is 0.476 e. The quantitative estimate of drug-likeness (QED) is 0.830. The van der Waals surface area contributed by atoms with E-state index in [1.807, 2.05) is 0 Å². The Morgan fingerprint density at radius 1 is 1.33 bits per heavy atom. The maximum absolute atomic E-state index is 12.1. The first-order chi connectivity index (χ1) is 9.88. The van der Waals surface area contributed by atoms with E-state index in [1.54, 1.807) is 6.92 Å². The molecule has 2 heterocycles. The van der Waals surface area contributed by atoms with E-state index < -0.39 is 17.9 Å². The molecule has 2 aromatic rings. The molecule has 1 amide bonds. The SMILES string of the molecule is CC(NC(=O)c1ccc(Cl)nc1Cl)c1nc(C(=O)O)cs1. The van der Waals surface area contributed by atoms with E-state index in [4.69, 9.17) is 28.3 Å². The highest BCUT2D eigenvalue weighted by atomic mass is 35.5. The zero-order valence-corrected chi connectivity index (χ0v) is 13.0. The third-order valence-corrected chi connectivity index (χ3v) is 4.04. The van der Waals surface area contributed by atoms with E-state index in [1.165, 1.54) is 17.5 Å². The number of carboxylic acids is 1. The molecule has 2 N–H and O–H groups in total. The molecule has 0 aliphatic heterocycles. The molecule has 0 bridgehead atoms. The van der Waals surface area contributed by atoms with Gasteiger partial charge in [-0.05, 0) is 19.1 Å². The van der Waals surface area contributed by atoms with Gasteiger partial charge in [0.15, 0.2) is 5.69 Å². The van der Waals surface area contributed by atoms with Crippen LogP contribution in [-0.4, -0.2) is 27.0 Å². The molecule has 9 heteroatoms. The normalized spacial score (nSPS) is 12.0. The van der Waals surface area contributed by atoms with Gasteiger partial charge in [-0.1, -0.05) is 23.2 Å². The van der Waals surface area contributed by atoms with Gasteiger partial charge in [0.1, 0.15) is 15.3 Å². The van der Waals surface area contributed by atoms with Crippen LogP contribution in [0, 0.1) is 0 Å². The molecule has 0 aliphatic rings. The van der Waals surface area contributed by atoms with E-state index >= 15 is 0 Å². The molecule has 0 aromatic carbocycles. The summed E-state index contributed by atoms with van der Waals surface area (Å²) >= 11 is 12.7. The molecule has 1 unspecified atom stereocenters. The van der Waals surface area contributed by atoms with Crippen molar-refractivity contribution in [2.24, 2.45) is 0 Å². The number of rotatable bonds is 4. The summed E-state index contributed by atoms with van der Waals surface area (Å²) in [6.45, 7) is 1.69. The summed E-state index contributed by atoms with van der Waals surface area (Å²) in [4.78, 5) is 30.6. The molecule has 2 aromatic heterocycles. The smallest absolute Gasteiger partial charge is 0.355 e. The van der Waals surface area contributed by atoms with Crippen LogP contribution in [0.5, 0.6) is 0 Å². The van der Waals surface area contributed by atoms with Crippen molar-refractivity contribution in [3.63, 3.8) is 0 Å². The van der Waals surface area contributed by atoms with Crippen molar-refractivity contribution >= 4 is 46.4 Å². The van der Waals surface area contributed by atoms with Crippen LogP contribution in [0.3, 0.4) is 0 Å². The Kier molecular flexibility index (Phi) is 4.76. The number of nitrogens with one attached hydrogen (secondary N) is 1. The van der Waals surface area contributed by atoms with Gasteiger partial charge in [0.05, 0.1) is 11.6 Å². The number of aromatic nitrogens is 2. The number of aromatic carboxylic acids is 1. The van der Waals surface area contributed by atoms with Crippen molar-refractivity contribution in [2.45, 2.75) is 13.0 Å². The lowest BCUT2D eigenvalue weighted by molar-refractivity contribution is 0.0691. The van der Waals surface area contributed by atoms with Crippen LogP contribution in [0.4, 0.5) is 0 Å². The molecule has 21 heavy (non-hydrogen) atoms. The Morgan fingerprint density at radius 2 is 2.05 bits per heavy atom. The molecular formula is C12H9Cl2N3O3S. The second-order valence-corrected chi connectivity index (χ2v) is 5.68. The Balaban J connectivity index is 2.12. The second kappa shape index (κ2) is 6.38. The molecule has 0 aliphatic carbocycles. The standard InChI is InChI=1S/C12H9Cl2N3O3S/c1-5(11-16-7(4-21-11)12(19)20)15-10(18)6-2-3-8(13)17-9(6)14/h2-5H,1H3,(H,15,18)(H,19,20). The van der Waals surface area contributed by atoms with Gasteiger partial charge in [0.2, 0.25) is 0 Å². The average Bonchev–Trinajstić information content (AvgIpc) is 2.88. The molecule has 0 saturated carbocycles. The van der Waals surface area contributed by atoms with Crippen LogP contribution in [0.2, 0.25) is 10.3 Å². The predicted octanol–water partition coefficient (Wildman–Crippen LogP) is 3.03.